The summed E-state index contributed by atoms with van der Waals surface area (Å²) in [6.07, 6.45) is 1.93. The van der Waals surface area contributed by atoms with Crippen LogP contribution >= 0.6 is 11.3 Å². The summed E-state index contributed by atoms with van der Waals surface area (Å²) in [6.45, 7) is 3.45. The maximum absolute atomic E-state index is 12.2. The van der Waals surface area contributed by atoms with E-state index in [1.807, 2.05) is 26.0 Å². The van der Waals surface area contributed by atoms with Gasteiger partial charge in [0, 0.05) is 21.4 Å². The molecule has 3 N–H and O–H groups in total. The highest BCUT2D eigenvalue weighted by Gasteiger charge is 2.22. The minimum Gasteiger partial charge on any atom is -0.392 e. The second-order valence-corrected chi connectivity index (χ2v) is 7.64. The van der Waals surface area contributed by atoms with Gasteiger partial charge in [0.25, 0.3) is 10.0 Å². The Bertz CT molecular complexity index is 676. The molecule has 1 unspecified atom stereocenters. The number of aromatic amines is 1. The molecule has 0 saturated heterocycles. The molecule has 2 aromatic rings. The molecule has 0 saturated carbocycles. The number of sulfonamides is 1. The minimum absolute atomic E-state index is 0.0748. The molecular formula is C12H17N3O3S2. The maximum Gasteiger partial charge on any atom is 0.258 e. The van der Waals surface area contributed by atoms with Crippen molar-refractivity contribution in [3.8, 4) is 0 Å². The first kappa shape index (κ1) is 15.2. The molecule has 20 heavy (non-hydrogen) atoms. The van der Waals surface area contributed by atoms with Crippen molar-refractivity contribution in [3.05, 3.63) is 33.6 Å². The molecule has 0 fully saturated rings. The summed E-state index contributed by atoms with van der Waals surface area (Å²) in [6, 6.07) is 3.77. The molecule has 0 radical (unpaired) electrons. The van der Waals surface area contributed by atoms with E-state index in [4.69, 9.17) is 5.11 Å². The van der Waals surface area contributed by atoms with Crippen molar-refractivity contribution in [1.29, 1.82) is 0 Å². The Morgan fingerprint density at radius 3 is 2.85 bits per heavy atom. The van der Waals surface area contributed by atoms with Gasteiger partial charge in [-0.1, -0.05) is 0 Å². The normalized spacial score (nSPS) is 13.6. The van der Waals surface area contributed by atoms with E-state index in [0.717, 1.165) is 4.88 Å². The van der Waals surface area contributed by atoms with Crippen LogP contribution in [0, 0.1) is 6.92 Å². The number of rotatable bonds is 6. The van der Waals surface area contributed by atoms with Crippen LogP contribution in [-0.4, -0.2) is 29.8 Å². The van der Waals surface area contributed by atoms with Crippen molar-refractivity contribution in [1.82, 2.24) is 14.9 Å². The van der Waals surface area contributed by atoms with E-state index in [1.54, 1.807) is 11.3 Å². The second kappa shape index (κ2) is 6.04. The summed E-state index contributed by atoms with van der Waals surface area (Å²) in [5, 5.41) is 15.1. The van der Waals surface area contributed by atoms with Gasteiger partial charge >= 0.3 is 0 Å². The van der Waals surface area contributed by atoms with Crippen molar-refractivity contribution in [3.63, 3.8) is 0 Å². The van der Waals surface area contributed by atoms with E-state index >= 15 is 0 Å². The van der Waals surface area contributed by atoms with E-state index < -0.39 is 10.0 Å². The summed E-state index contributed by atoms with van der Waals surface area (Å²) >= 11 is 1.65. The van der Waals surface area contributed by atoms with Gasteiger partial charge in [0.1, 0.15) is 0 Å². The molecule has 2 heterocycles. The first-order valence-corrected chi connectivity index (χ1v) is 8.43. The molecule has 0 aliphatic rings. The predicted molar refractivity (Wildman–Crippen MR) is 77.1 cm³/mol. The average molecular weight is 315 g/mol. The number of hydrogen-bond donors (Lipinski definition) is 3. The van der Waals surface area contributed by atoms with Gasteiger partial charge in [-0.05, 0) is 32.4 Å². The molecule has 0 bridgehead atoms. The third-order valence-corrected chi connectivity index (χ3v) is 5.40. The van der Waals surface area contributed by atoms with Crippen molar-refractivity contribution in [2.45, 2.75) is 37.9 Å². The van der Waals surface area contributed by atoms with E-state index in [9.17, 15) is 8.42 Å². The van der Waals surface area contributed by atoms with Crippen LogP contribution in [0.3, 0.4) is 0 Å². The molecule has 2 rings (SSSR count). The quantitative estimate of drug-likeness (QED) is 0.746. The smallest absolute Gasteiger partial charge is 0.258 e. The van der Waals surface area contributed by atoms with Gasteiger partial charge in [-0.25, -0.2) is 13.1 Å². The highest BCUT2D eigenvalue weighted by Crippen LogP contribution is 2.18. The highest BCUT2D eigenvalue weighted by molar-refractivity contribution is 7.89. The van der Waals surface area contributed by atoms with Crippen LogP contribution in [0.5, 0.6) is 0 Å². The Labute approximate surface area is 121 Å². The lowest BCUT2D eigenvalue weighted by molar-refractivity contribution is 0.278. The lowest BCUT2D eigenvalue weighted by Crippen LogP contribution is -2.34. The Hall–Kier alpha value is -1.22. The fraction of sp³-hybridized carbons (Fsp3) is 0.417. The molecule has 6 nitrogen and oxygen atoms in total. The SMILES string of the molecule is Cc1ccc(CC(C)NS(=O)(=O)c2[nH]ncc2CO)s1. The largest absolute Gasteiger partial charge is 0.392 e. The molecule has 0 aliphatic heterocycles. The number of nitrogens with one attached hydrogen (secondary N) is 2. The van der Waals surface area contributed by atoms with Crippen molar-refractivity contribution < 1.29 is 13.5 Å². The van der Waals surface area contributed by atoms with Gasteiger partial charge in [-0.2, -0.15) is 5.10 Å². The molecule has 110 valence electrons. The van der Waals surface area contributed by atoms with Gasteiger partial charge in [-0.3, -0.25) is 5.10 Å². The Morgan fingerprint density at radius 1 is 1.50 bits per heavy atom. The van der Waals surface area contributed by atoms with Crippen molar-refractivity contribution >= 4 is 21.4 Å². The fourth-order valence-corrected chi connectivity index (χ4v) is 4.29. The number of hydrogen-bond acceptors (Lipinski definition) is 5. The van der Waals surface area contributed by atoms with E-state index in [1.165, 1.54) is 11.1 Å². The summed E-state index contributed by atoms with van der Waals surface area (Å²) in [4.78, 5) is 2.33. The van der Waals surface area contributed by atoms with Crippen LogP contribution in [0.1, 0.15) is 22.2 Å². The fourth-order valence-electron chi connectivity index (χ4n) is 1.91. The Balaban J connectivity index is 2.08. The Kier molecular flexibility index (Phi) is 4.59. The van der Waals surface area contributed by atoms with Crippen LogP contribution in [0.2, 0.25) is 0 Å². The monoisotopic (exact) mass is 315 g/mol. The third-order valence-electron chi connectivity index (χ3n) is 2.78. The van der Waals surface area contributed by atoms with Crippen LogP contribution in [-0.2, 0) is 23.1 Å². The van der Waals surface area contributed by atoms with Crippen molar-refractivity contribution in [2.24, 2.45) is 0 Å². The van der Waals surface area contributed by atoms with Crippen LogP contribution in [0.15, 0.2) is 23.4 Å². The topological polar surface area (TPSA) is 95.1 Å². The summed E-state index contributed by atoms with van der Waals surface area (Å²) < 4.78 is 27.0. The summed E-state index contributed by atoms with van der Waals surface area (Å²) in [5.74, 6) is 0. The number of nitrogens with zero attached hydrogens (tertiary/aromatic N) is 1. The second-order valence-electron chi connectivity index (χ2n) is 4.62. The molecule has 2 aromatic heterocycles. The van der Waals surface area contributed by atoms with E-state index in [2.05, 4.69) is 14.9 Å². The number of aromatic nitrogens is 2. The number of aryl methyl sites for hydroxylation is 1. The minimum atomic E-state index is -3.70. The van der Waals surface area contributed by atoms with Gasteiger partial charge in [-0.15, -0.1) is 11.3 Å². The standard InChI is InChI=1S/C12H17N3O3S2/c1-8(5-11-4-3-9(2)19-11)15-20(17,18)12-10(7-16)6-13-14-12/h3-4,6,8,15-16H,5,7H2,1-2H3,(H,13,14). The van der Waals surface area contributed by atoms with Crippen LogP contribution < -0.4 is 4.72 Å². The van der Waals surface area contributed by atoms with E-state index in [-0.39, 0.29) is 23.2 Å². The number of thiophene rings is 1. The van der Waals surface area contributed by atoms with Gasteiger partial charge in [0.2, 0.25) is 0 Å². The molecule has 0 spiro atoms. The molecule has 1 atom stereocenters. The maximum atomic E-state index is 12.2. The molecule has 0 aliphatic carbocycles. The van der Waals surface area contributed by atoms with Crippen molar-refractivity contribution in [2.75, 3.05) is 0 Å². The molecule has 8 heteroatoms. The van der Waals surface area contributed by atoms with Crippen LogP contribution in [0.4, 0.5) is 0 Å². The highest BCUT2D eigenvalue weighted by atomic mass is 32.2. The first-order valence-electron chi connectivity index (χ1n) is 6.13. The van der Waals surface area contributed by atoms with E-state index in [0.29, 0.717) is 6.42 Å². The number of H-pyrrole nitrogens is 1. The lowest BCUT2D eigenvalue weighted by Gasteiger charge is -2.13. The lowest BCUT2D eigenvalue weighted by atomic mass is 10.2. The predicted octanol–water partition coefficient (Wildman–Crippen LogP) is 1.18. The zero-order valence-corrected chi connectivity index (χ0v) is 12.9. The zero-order chi connectivity index (χ0) is 14.8. The van der Waals surface area contributed by atoms with Gasteiger partial charge in [0.05, 0.1) is 12.8 Å². The van der Waals surface area contributed by atoms with Gasteiger partial charge in [0.15, 0.2) is 5.03 Å². The Morgan fingerprint density at radius 2 is 2.25 bits per heavy atom. The molecule has 0 amide bonds. The molecule has 0 aromatic carbocycles. The number of aliphatic hydroxyl groups is 1. The summed E-state index contributed by atoms with van der Waals surface area (Å²) in [5.41, 5.74) is 0.261. The summed E-state index contributed by atoms with van der Waals surface area (Å²) in [7, 11) is -3.70. The van der Waals surface area contributed by atoms with Crippen LogP contribution in [0.25, 0.3) is 0 Å². The third kappa shape index (κ3) is 3.45. The van der Waals surface area contributed by atoms with Gasteiger partial charge < -0.3 is 5.11 Å². The average Bonchev–Trinajstić information content (AvgIpc) is 2.97. The zero-order valence-electron chi connectivity index (χ0n) is 11.3. The molecular weight excluding hydrogens is 298 g/mol. The first-order chi connectivity index (χ1) is 9.42. The number of aliphatic hydroxyl groups excluding tert-OH is 1.